The normalized spacial score (nSPS) is 21.3. The number of amides is 1. The second kappa shape index (κ2) is 8.00. The van der Waals surface area contributed by atoms with Crippen LogP contribution < -0.4 is 5.32 Å². The van der Waals surface area contributed by atoms with E-state index < -0.39 is 5.41 Å². The van der Waals surface area contributed by atoms with Gasteiger partial charge >= 0.3 is 0 Å². The number of nitrogens with one attached hydrogen (secondary N) is 1. The van der Waals surface area contributed by atoms with Crippen LogP contribution in [0.15, 0.2) is 0 Å². The van der Waals surface area contributed by atoms with E-state index in [-0.39, 0.29) is 24.3 Å². The predicted molar refractivity (Wildman–Crippen MR) is 108 cm³/mol. The summed E-state index contributed by atoms with van der Waals surface area (Å²) in [6.07, 6.45) is 2.26. The third-order valence-electron chi connectivity index (χ3n) is 4.83. The number of thioether (sulfide) groups is 1. The van der Waals surface area contributed by atoms with E-state index in [1.807, 2.05) is 37.4 Å². The number of piperidine rings is 1. The van der Waals surface area contributed by atoms with Crippen LogP contribution in [0.2, 0.25) is 0 Å². The number of carbonyl (C=O) groups excluding carboxylic acids is 2. The van der Waals surface area contributed by atoms with Crippen LogP contribution in [0.25, 0.3) is 0 Å². The molecule has 1 unspecified atom stereocenters. The van der Waals surface area contributed by atoms with Crippen LogP contribution in [0, 0.1) is 5.41 Å². The highest BCUT2D eigenvalue weighted by Crippen LogP contribution is 2.42. The van der Waals surface area contributed by atoms with Crippen molar-refractivity contribution in [3.05, 3.63) is 16.0 Å². The van der Waals surface area contributed by atoms with Gasteiger partial charge in [-0.2, -0.15) is 11.8 Å². The number of ketones is 1. The summed E-state index contributed by atoms with van der Waals surface area (Å²) in [4.78, 5) is 28.8. The Labute approximate surface area is 163 Å². The summed E-state index contributed by atoms with van der Waals surface area (Å²) >= 11 is 3.43. The number of nitrogens with zero attached hydrogens (tertiary/aromatic N) is 1. The van der Waals surface area contributed by atoms with Crippen molar-refractivity contribution in [1.82, 2.24) is 4.90 Å². The number of hydrogen-bond donors (Lipinski definition) is 2. The molecule has 26 heavy (non-hydrogen) atoms. The number of β-amino-alcohol motifs (C(OH)–C–C–N with tert-alkyl or cyclic N) is 1. The Bertz CT molecular complexity index is 694. The molecule has 1 aromatic heterocycles. The first-order valence-corrected chi connectivity index (χ1v) is 11.2. The van der Waals surface area contributed by atoms with E-state index in [1.54, 1.807) is 11.3 Å². The average molecular weight is 397 g/mol. The van der Waals surface area contributed by atoms with Crippen molar-refractivity contribution >= 4 is 39.8 Å². The first kappa shape index (κ1) is 19.9. The Morgan fingerprint density at radius 3 is 2.81 bits per heavy atom. The van der Waals surface area contributed by atoms with Crippen LogP contribution in [-0.4, -0.2) is 53.2 Å². The highest BCUT2D eigenvalue weighted by atomic mass is 32.2. The van der Waals surface area contributed by atoms with E-state index in [0.717, 1.165) is 48.4 Å². The Morgan fingerprint density at radius 1 is 1.35 bits per heavy atom. The fraction of sp³-hybridized carbons (Fsp3) is 0.684. The fourth-order valence-electron chi connectivity index (χ4n) is 3.48. The second-order valence-electron chi connectivity index (χ2n) is 8.17. The molecule has 144 valence electrons. The molecule has 3 rings (SSSR count). The Hall–Kier alpha value is -0.890. The van der Waals surface area contributed by atoms with Crippen molar-refractivity contribution in [2.24, 2.45) is 5.41 Å². The fourth-order valence-corrected chi connectivity index (χ4v) is 5.87. The molecule has 1 fully saturated rings. The summed E-state index contributed by atoms with van der Waals surface area (Å²) in [5.41, 5.74) is 1.39. The standard InChI is InChI=1S/C19H28N2O3S2/c1-19(2,3)17(24)16-13-6-8-25-11-14(13)26-18(16)20-15(23)10-21-7-4-5-12(22)9-21/h12,22H,4-11H2,1-3H3,(H,20,23). The largest absolute Gasteiger partial charge is 0.392 e. The number of fused-ring (bicyclic) bond motifs is 1. The third-order valence-corrected chi connectivity index (χ3v) is 7.15. The molecule has 1 amide bonds. The number of hydrogen-bond acceptors (Lipinski definition) is 6. The molecule has 2 aliphatic rings. The number of Topliss-reactive ketones (excluding diaryl/α,β-unsaturated/α-hetero) is 1. The highest BCUT2D eigenvalue weighted by molar-refractivity contribution is 7.98. The molecule has 7 heteroatoms. The van der Waals surface area contributed by atoms with E-state index in [0.29, 0.717) is 11.5 Å². The summed E-state index contributed by atoms with van der Waals surface area (Å²) in [7, 11) is 0. The van der Waals surface area contributed by atoms with Gasteiger partial charge in [-0.3, -0.25) is 14.5 Å². The molecule has 0 saturated carbocycles. The Balaban J connectivity index is 1.79. The zero-order valence-corrected chi connectivity index (χ0v) is 17.4. The number of carbonyl (C=O) groups is 2. The van der Waals surface area contributed by atoms with Crippen molar-refractivity contribution in [3.63, 3.8) is 0 Å². The summed E-state index contributed by atoms with van der Waals surface area (Å²) in [5, 5.41) is 13.5. The number of anilines is 1. The lowest BCUT2D eigenvalue weighted by Gasteiger charge is -2.29. The van der Waals surface area contributed by atoms with Gasteiger partial charge < -0.3 is 10.4 Å². The van der Waals surface area contributed by atoms with Gasteiger partial charge in [-0.05, 0) is 37.1 Å². The summed E-state index contributed by atoms with van der Waals surface area (Å²) in [6, 6.07) is 0. The van der Waals surface area contributed by atoms with Crippen molar-refractivity contribution in [3.8, 4) is 0 Å². The van der Waals surface area contributed by atoms with Crippen molar-refractivity contribution in [2.75, 3.05) is 30.7 Å². The van der Waals surface area contributed by atoms with Gasteiger partial charge in [0.2, 0.25) is 5.91 Å². The second-order valence-corrected chi connectivity index (χ2v) is 10.4. The number of aliphatic hydroxyl groups excluding tert-OH is 1. The van der Waals surface area contributed by atoms with E-state index in [9.17, 15) is 14.7 Å². The average Bonchev–Trinajstić information content (AvgIpc) is 2.90. The molecule has 0 bridgehead atoms. The minimum absolute atomic E-state index is 0.102. The third kappa shape index (κ3) is 4.50. The van der Waals surface area contributed by atoms with Crippen LogP contribution in [0.4, 0.5) is 5.00 Å². The molecule has 5 nitrogen and oxygen atoms in total. The molecule has 2 aliphatic heterocycles. The maximum Gasteiger partial charge on any atom is 0.239 e. The Kier molecular flexibility index (Phi) is 6.11. The number of aliphatic hydroxyl groups is 1. The van der Waals surface area contributed by atoms with Crippen LogP contribution in [-0.2, 0) is 17.0 Å². The van der Waals surface area contributed by atoms with Crippen molar-refractivity contribution < 1.29 is 14.7 Å². The minimum Gasteiger partial charge on any atom is -0.392 e. The van der Waals surface area contributed by atoms with Gasteiger partial charge in [-0.15, -0.1) is 11.3 Å². The smallest absolute Gasteiger partial charge is 0.239 e. The first-order chi connectivity index (χ1) is 12.3. The zero-order chi connectivity index (χ0) is 18.9. The highest BCUT2D eigenvalue weighted by Gasteiger charge is 2.32. The molecule has 0 aliphatic carbocycles. The number of likely N-dealkylation sites (tertiary alicyclic amines) is 1. The molecular weight excluding hydrogens is 368 g/mol. The first-order valence-electron chi connectivity index (χ1n) is 9.23. The van der Waals surface area contributed by atoms with Crippen LogP contribution in [0.1, 0.15) is 54.4 Å². The molecule has 2 N–H and O–H groups in total. The molecule has 1 atom stereocenters. The van der Waals surface area contributed by atoms with Gasteiger partial charge in [0.15, 0.2) is 5.78 Å². The SMILES string of the molecule is CC(C)(C)C(=O)c1c(NC(=O)CN2CCCC(O)C2)sc2c1CCSC2. The molecule has 1 aromatic rings. The molecule has 0 aromatic carbocycles. The summed E-state index contributed by atoms with van der Waals surface area (Å²) in [6.45, 7) is 7.42. The zero-order valence-electron chi connectivity index (χ0n) is 15.8. The van der Waals surface area contributed by atoms with Gasteiger partial charge in [0.1, 0.15) is 5.00 Å². The molecule has 1 saturated heterocycles. The van der Waals surface area contributed by atoms with E-state index >= 15 is 0 Å². The topological polar surface area (TPSA) is 69.6 Å². The lowest BCUT2D eigenvalue weighted by Crippen LogP contribution is -2.42. The van der Waals surface area contributed by atoms with Crippen molar-refractivity contribution in [2.45, 2.75) is 51.9 Å². The minimum atomic E-state index is -0.476. The van der Waals surface area contributed by atoms with Gasteiger partial charge in [0.25, 0.3) is 0 Å². The lowest BCUT2D eigenvalue weighted by atomic mass is 9.85. The van der Waals surface area contributed by atoms with Crippen LogP contribution in [0.5, 0.6) is 0 Å². The number of rotatable bonds is 4. The van der Waals surface area contributed by atoms with Gasteiger partial charge in [0, 0.05) is 22.6 Å². The summed E-state index contributed by atoms with van der Waals surface area (Å²) < 4.78 is 0. The van der Waals surface area contributed by atoms with Crippen LogP contribution in [0.3, 0.4) is 0 Å². The van der Waals surface area contributed by atoms with E-state index in [1.165, 1.54) is 4.88 Å². The van der Waals surface area contributed by atoms with Gasteiger partial charge in [0.05, 0.1) is 18.2 Å². The Morgan fingerprint density at radius 2 is 2.12 bits per heavy atom. The molecule has 3 heterocycles. The van der Waals surface area contributed by atoms with E-state index in [4.69, 9.17) is 0 Å². The van der Waals surface area contributed by atoms with E-state index in [2.05, 4.69) is 5.32 Å². The maximum absolute atomic E-state index is 13.0. The maximum atomic E-state index is 13.0. The monoisotopic (exact) mass is 396 g/mol. The number of thiophene rings is 1. The lowest BCUT2D eigenvalue weighted by molar-refractivity contribution is -0.117. The van der Waals surface area contributed by atoms with Crippen LogP contribution >= 0.6 is 23.1 Å². The quantitative estimate of drug-likeness (QED) is 0.765. The molecule has 0 radical (unpaired) electrons. The van der Waals surface area contributed by atoms with Gasteiger partial charge in [-0.1, -0.05) is 20.8 Å². The van der Waals surface area contributed by atoms with Gasteiger partial charge in [-0.25, -0.2) is 0 Å². The van der Waals surface area contributed by atoms with Crippen molar-refractivity contribution in [1.29, 1.82) is 0 Å². The predicted octanol–water partition coefficient (Wildman–Crippen LogP) is 3.16. The summed E-state index contributed by atoms with van der Waals surface area (Å²) in [5.74, 6) is 1.94. The molecule has 0 spiro atoms. The molecular formula is C19H28N2O3S2.